The number of nitrogens with zero attached hydrogens (tertiary/aromatic N) is 4. The number of carbonyl (C=O) groups excluding carboxylic acids is 2. The lowest BCUT2D eigenvalue weighted by Crippen LogP contribution is -2.40. The number of carbonyl (C=O) groups is 2. The number of amides is 3. The monoisotopic (exact) mass is 289 g/mol. The number of rotatable bonds is 4. The number of aryl methyl sites for hydroxylation is 1. The van der Waals surface area contributed by atoms with E-state index in [1.165, 1.54) is 0 Å². The van der Waals surface area contributed by atoms with Gasteiger partial charge in [-0.1, -0.05) is 0 Å². The Morgan fingerprint density at radius 3 is 2.86 bits per heavy atom. The first-order chi connectivity index (χ1) is 10.1. The highest BCUT2D eigenvalue weighted by molar-refractivity contribution is 5.87. The van der Waals surface area contributed by atoms with Crippen LogP contribution in [0.2, 0.25) is 0 Å². The minimum atomic E-state index is -0.188. The molecule has 112 valence electrons. The van der Waals surface area contributed by atoms with Gasteiger partial charge in [0.05, 0.1) is 18.1 Å². The zero-order valence-electron chi connectivity index (χ0n) is 12.1. The lowest BCUT2D eigenvalue weighted by molar-refractivity contribution is -0.127. The second-order valence-electron chi connectivity index (χ2n) is 5.57. The molecule has 7 nitrogen and oxygen atoms in total. The summed E-state index contributed by atoms with van der Waals surface area (Å²) in [6.07, 6.45) is 6.19. The third-order valence-corrected chi connectivity index (χ3v) is 3.74. The van der Waals surface area contributed by atoms with Crippen molar-refractivity contribution in [3.05, 3.63) is 23.8 Å². The Morgan fingerprint density at radius 1 is 1.38 bits per heavy atom. The van der Waals surface area contributed by atoms with Gasteiger partial charge in [0.25, 0.3) is 0 Å². The van der Waals surface area contributed by atoms with E-state index in [2.05, 4.69) is 15.3 Å². The summed E-state index contributed by atoms with van der Waals surface area (Å²) in [5.41, 5.74) is 1.72. The van der Waals surface area contributed by atoms with Crippen molar-refractivity contribution in [1.29, 1.82) is 0 Å². The Hall–Kier alpha value is -2.18. The summed E-state index contributed by atoms with van der Waals surface area (Å²) in [6.45, 7) is 2.98. The van der Waals surface area contributed by atoms with Gasteiger partial charge in [-0.05, 0) is 19.8 Å². The fourth-order valence-electron chi connectivity index (χ4n) is 2.37. The first-order valence-electron chi connectivity index (χ1n) is 7.23. The van der Waals surface area contributed by atoms with Crippen molar-refractivity contribution in [2.45, 2.75) is 32.2 Å². The molecule has 2 aliphatic rings. The molecule has 1 saturated heterocycles. The van der Waals surface area contributed by atoms with E-state index in [-0.39, 0.29) is 18.5 Å². The smallest absolute Gasteiger partial charge is 0.319 e. The second kappa shape index (κ2) is 5.67. The van der Waals surface area contributed by atoms with Crippen LogP contribution in [0.5, 0.6) is 0 Å². The third kappa shape index (κ3) is 3.29. The highest BCUT2D eigenvalue weighted by Gasteiger charge is 2.39. The van der Waals surface area contributed by atoms with Crippen molar-refractivity contribution in [3.63, 3.8) is 0 Å². The van der Waals surface area contributed by atoms with Crippen LogP contribution in [0, 0.1) is 6.92 Å². The molecule has 2 fully saturated rings. The molecule has 1 aromatic rings. The molecule has 7 heteroatoms. The Balaban J connectivity index is 1.44. The van der Waals surface area contributed by atoms with Crippen molar-refractivity contribution in [1.82, 2.24) is 25.1 Å². The summed E-state index contributed by atoms with van der Waals surface area (Å²) < 4.78 is 0. The van der Waals surface area contributed by atoms with E-state index < -0.39 is 0 Å². The highest BCUT2D eigenvalue weighted by atomic mass is 16.2. The molecular weight excluding hydrogens is 270 g/mol. The molecule has 0 atom stereocenters. The maximum Gasteiger partial charge on any atom is 0.319 e. The van der Waals surface area contributed by atoms with Crippen LogP contribution in [0.3, 0.4) is 0 Å². The van der Waals surface area contributed by atoms with Crippen LogP contribution in [-0.4, -0.2) is 57.5 Å². The topological polar surface area (TPSA) is 78.4 Å². The predicted molar refractivity (Wildman–Crippen MR) is 75.3 cm³/mol. The summed E-state index contributed by atoms with van der Waals surface area (Å²) in [4.78, 5) is 35.6. The normalized spacial score (nSPS) is 18.2. The number of nitrogens with one attached hydrogen (secondary N) is 1. The molecule has 0 unspecified atom stereocenters. The van der Waals surface area contributed by atoms with Gasteiger partial charge in [-0.2, -0.15) is 0 Å². The zero-order valence-corrected chi connectivity index (χ0v) is 12.1. The SMILES string of the molecule is Cc1cnc(CCNC(=O)N2CC(=O)N(C3CC3)C2)cn1. The van der Waals surface area contributed by atoms with Gasteiger partial charge in [0, 0.05) is 31.4 Å². The van der Waals surface area contributed by atoms with Crippen molar-refractivity contribution in [2.24, 2.45) is 0 Å². The minimum Gasteiger partial charge on any atom is -0.338 e. The highest BCUT2D eigenvalue weighted by Crippen LogP contribution is 2.29. The van der Waals surface area contributed by atoms with Gasteiger partial charge in [0.15, 0.2) is 0 Å². The molecule has 1 saturated carbocycles. The molecule has 3 amide bonds. The fraction of sp³-hybridized carbons (Fsp3) is 0.571. The van der Waals surface area contributed by atoms with Crippen LogP contribution in [0.25, 0.3) is 0 Å². The lowest BCUT2D eigenvalue weighted by atomic mass is 10.3. The summed E-state index contributed by atoms with van der Waals surface area (Å²) in [5, 5.41) is 2.83. The predicted octanol–water partition coefficient (Wildman–Crippen LogP) is 0.301. The molecule has 0 aromatic carbocycles. The third-order valence-electron chi connectivity index (χ3n) is 3.74. The first-order valence-corrected chi connectivity index (χ1v) is 7.23. The summed E-state index contributed by atoms with van der Waals surface area (Å²) in [7, 11) is 0. The molecule has 1 aliphatic carbocycles. The maximum atomic E-state index is 12.0. The molecule has 1 aromatic heterocycles. The van der Waals surface area contributed by atoms with E-state index in [4.69, 9.17) is 0 Å². The second-order valence-corrected chi connectivity index (χ2v) is 5.57. The fourth-order valence-corrected chi connectivity index (χ4v) is 2.37. The van der Waals surface area contributed by atoms with E-state index in [1.54, 1.807) is 22.2 Å². The zero-order chi connectivity index (χ0) is 14.8. The average molecular weight is 289 g/mol. The van der Waals surface area contributed by atoms with E-state index >= 15 is 0 Å². The lowest BCUT2D eigenvalue weighted by Gasteiger charge is -2.18. The van der Waals surface area contributed by atoms with E-state index in [9.17, 15) is 9.59 Å². The molecule has 2 heterocycles. The minimum absolute atomic E-state index is 0.0528. The van der Waals surface area contributed by atoms with Crippen LogP contribution < -0.4 is 5.32 Å². The van der Waals surface area contributed by atoms with Gasteiger partial charge in [-0.25, -0.2) is 4.79 Å². The molecule has 0 radical (unpaired) electrons. The number of aromatic nitrogens is 2. The Labute approximate surface area is 123 Å². The number of hydrogen-bond acceptors (Lipinski definition) is 4. The Morgan fingerprint density at radius 2 is 2.19 bits per heavy atom. The van der Waals surface area contributed by atoms with Gasteiger partial charge >= 0.3 is 6.03 Å². The van der Waals surface area contributed by atoms with Crippen LogP contribution >= 0.6 is 0 Å². The molecule has 0 bridgehead atoms. The maximum absolute atomic E-state index is 12.0. The Kier molecular flexibility index (Phi) is 3.72. The van der Waals surface area contributed by atoms with Gasteiger partial charge in [-0.3, -0.25) is 19.7 Å². The molecule has 3 rings (SSSR count). The Bertz CT molecular complexity index is 541. The van der Waals surface area contributed by atoms with Crippen molar-refractivity contribution >= 4 is 11.9 Å². The quantitative estimate of drug-likeness (QED) is 0.865. The van der Waals surface area contributed by atoms with Gasteiger partial charge in [0.1, 0.15) is 6.54 Å². The molecule has 1 aliphatic heterocycles. The summed E-state index contributed by atoms with van der Waals surface area (Å²) >= 11 is 0. The van der Waals surface area contributed by atoms with Gasteiger partial charge in [0.2, 0.25) is 5.91 Å². The summed E-state index contributed by atoms with van der Waals surface area (Å²) in [6, 6.07) is 0.171. The molecule has 21 heavy (non-hydrogen) atoms. The van der Waals surface area contributed by atoms with Crippen LogP contribution in [0.4, 0.5) is 4.79 Å². The first kappa shape index (κ1) is 13.8. The largest absolute Gasteiger partial charge is 0.338 e. The van der Waals surface area contributed by atoms with E-state index in [0.717, 1.165) is 24.2 Å². The molecule has 1 N–H and O–H groups in total. The average Bonchev–Trinajstić information content (AvgIpc) is 3.23. The number of urea groups is 1. The van der Waals surface area contributed by atoms with Crippen molar-refractivity contribution < 1.29 is 9.59 Å². The van der Waals surface area contributed by atoms with E-state index in [0.29, 0.717) is 25.7 Å². The van der Waals surface area contributed by atoms with Crippen LogP contribution in [0.15, 0.2) is 12.4 Å². The van der Waals surface area contributed by atoms with Gasteiger partial charge < -0.3 is 10.2 Å². The van der Waals surface area contributed by atoms with E-state index in [1.807, 2.05) is 6.92 Å². The van der Waals surface area contributed by atoms with Crippen molar-refractivity contribution in [2.75, 3.05) is 19.8 Å². The summed E-state index contributed by atoms with van der Waals surface area (Å²) in [5.74, 6) is 0.0528. The van der Waals surface area contributed by atoms with Gasteiger partial charge in [-0.15, -0.1) is 0 Å². The molecule has 0 spiro atoms. The van der Waals surface area contributed by atoms with Crippen molar-refractivity contribution in [3.8, 4) is 0 Å². The number of hydrogen-bond donors (Lipinski definition) is 1. The standard InChI is InChI=1S/C14H19N5O2/c1-10-6-17-11(7-16-10)4-5-15-14(21)18-8-13(20)19(9-18)12-2-3-12/h6-7,12H,2-5,8-9H2,1H3,(H,15,21). The van der Waals surface area contributed by atoms with Crippen LogP contribution in [-0.2, 0) is 11.2 Å². The van der Waals surface area contributed by atoms with Crippen LogP contribution in [0.1, 0.15) is 24.2 Å². The molecular formula is C14H19N5O2.